The zero-order valence-electron chi connectivity index (χ0n) is 33.1. The average Bonchev–Trinajstić information content (AvgIpc) is 3.12. The van der Waals surface area contributed by atoms with E-state index in [0.717, 1.165) is 51.4 Å². The van der Waals surface area contributed by atoms with Crippen LogP contribution in [0.25, 0.3) is 0 Å². The molecule has 52 heavy (non-hydrogen) atoms. The van der Waals surface area contributed by atoms with Crippen LogP contribution in [0, 0.1) is 0 Å². The number of carbonyl (C=O) groups is 1. The molecule has 0 spiro atoms. The van der Waals surface area contributed by atoms with Crippen molar-refractivity contribution in [2.75, 3.05) is 19.8 Å². The standard InChI is InChI=1S/C42H79N2O7P/c1-3-5-7-9-11-13-14-15-16-17-18-19-20-21-22-23-24-26-27-29-31-33-39(45)37-42(47)44-40(38-51-52(48,49)50-36-35-43)41(46)34-32-30-28-25-12-10-8-6-4-2/h4,6,12,21-22,25,32,34,39-41,45-46H,3,5,7-11,13-20,23-24,26-31,33,35-38,43H2,1-2H3,(H,44,47)(H,48,49)/b6-4+,22-21-,25-12+,34-32+. The van der Waals surface area contributed by atoms with Crippen molar-refractivity contribution in [2.45, 2.75) is 193 Å². The predicted molar refractivity (Wildman–Crippen MR) is 218 cm³/mol. The molecule has 0 aliphatic carbocycles. The summed E-state index contributed by atoms with van der Waals surface area (Å²) in [7, 11) is -4.41. The third kappa shape index (κ3) is 35.4. The summed E-state index contributed by atoms with van der Waals surface area (Å²) in [6.07, 6.45) is 42.4. The lowest BCUT2D eigenvalue weighted by molar-refractivity contribution is -0.124. The van der Waals surface area contributed by atoms with Crippen LogP contribution in [0.1, 0.15) is 174 Å². The third-order valence-corrected chi connectivity index (χ3v) is 9.99. The Balaban J connectivity index is 4.21. The number of aliphatic hydroxyl groups is 2. The first-order valence-electron chi connectivity index (χ1n) is 20.8. The van der Waals surface area contributed by atoms with Crippen molar-refractivity contribution in [2.24, 2.45) is 5.73 Å². The van der Waals surface area contributed by atoms with Gasteiger partial charge in [0.05, 0.1) is 37.9 Å². The summed E-state index contributed by atoms with van der Waals surface area (Å²) in [5, 5.41) is 23.9. The van der Waals surface area contributed by atoms with Crippen LogP contribution in [0.3, 0.4) is 0 Å². The molecule has 0 aromatic heterocycles. The average molecular weight is 755 g/mol. The number of rotatable bonds is 38. The van der Waals surface area contributed by atoms with E-state index < -0.39 is 38.6 Å². The first-order chi connectivity index (χ1) is 25.3. The number of nitrogens with two attached hydrogens (primary N) is 1. The van der Waals surface area contributed by atoms with E-state index in [1.807, 2.05) is 13.0 Å². The molecule has 0 radical (unpaired) electrons. The minimum Gasteiger partial charge on any atom is -0.393 e. The highest BCUT2D eigenvalue weighted by molar-refractivity contribution is 7.47. The Bertz CT molecular complexity index is 972. The van der Waals surface area contributed by atoms with Crippen molar-refractivity contribution in [3.05, 3.63) is 48.6 Å². The fourth-order valence-electron chi connectivity index (χ4n) is 5.86. The molecule has 0 bridgehead atoms. The topological polar surface area (TPSA) is 151 Å². The van der Waals surface area contributed by atoms with Crippen LogP contribution in [0.2, 0.25) is 0 Å². The molecule has 0 saturated heterocycles. The lowest BCUT2D eigenvalue weighted by atomic mass is 10.0. The number of carbonyl (C=O) groups excluding carboxylic acids is 1. The number of aliphatic hydroxyl groups excluding tert-OH is 2. The molecular formula is C42H79N2O7P. The zero-order valence-corrected chi connectivity index (χ0v) is 34.0. The highest BCUT2D eigenvalue weighted by Gasteiger charge is 2.27. The van der Waals surface area contributed by atoms with E-state index >= 15 is 0 Å². The first kappa shape index (κ1) is 50.4. The van der Waals surface area contributed by atoms with E-state index in [4.69, 9.17) is 14.8 Å². The van der Waals surface area contributed by atoms with Crippen LogP contribution in [-0.4, -0.2) is 59.0 Å². The van der Waals surface area contributed by atoms with Crippen molar-refractivity contribution < 1.29 is 33.5 Å². The van der Waals surface area contributed by atoms with Gasteiger partial charge in [0.2, 0.25) is 5.91 Å². The molecule has 0 aromatic rings. The van der Waals surface area contributed by atoms with Gasteiger partial charge in [-0.1, -0.05) is 152 Å². The van der Waals surface area contributed by atoms with Gasteiger partial charge in [-0.25, -0.2) is 4.57 Å². The number of amides is 1. The second-order valence-corrected chi connectivity index (χ2v) is 15.5. The number of phosphoric acid groups is 1. The number of nitrogens with one attached hydrogen (secondary N) is 1. The molecule has 4 atom stereocenters. The largest absolute Gasteiger partial charge is 0.472 e. The molecule has 0 aliphatic heterocycles. The number of hydrogen-bond acceptors (Lipinski definition) is 7. The third-order valence-electron chi connectivity index (χ3n) is 9.00. The van der Waals surface area contributed by atoms with Crippen molar-refractivity contribution in [3.8, 4) is 0 Å². The van der Waals surface area contributed by atoms with Gasteiger partial charge in [0.25, 0.3) is 0 Å². The van der Waals surface area contributed by atoms with E-state index in [9.17, 15) is 24.5 Å². The quantitative estimate of drug-likeness (QED) is 0.0237. The summed E-state index contributed by atoms with van der Waals surface area (Å²) < 4.78 is 21.9. The maximum atomic E-state index is 12.7. The van der Waals surface area contributed by atoms with Crippen molar-refractivity contribution in [1.29, 1.82) is 0 Å². The number of hydrogen-bond donors (Lipinski definition) is 5. The summed E-state index contributed by atoms with van der Waals surface area (Å²) in [5.74, 6) is -0.469. The lowest BCUT2D eigenvalue weighted by Crippen LogP contribution is -2.46. The van der Waals surface area contributed by atoms with Gasteiger partial charge in [-0.05, 0) is 64.7 Å². The molecular weight excluding hydrogens is 675 g/mol. The van der Waals surface area contributed by atoms with Gasteiger partial charge in [0, 0.05) is 6.54 Å². The molecule has 0 aliphatic rings. The van der Waals surface area contributed by atoms with Gasteiger partial charge in [-0.2, -0.15) is 0 Å². The van der Waals surface area contributed by atoms with Crippen molar-refractivity contribution in [1.82, 2.24) is 5.32 Å². The number of allylic oxidation sites excluding steroid dienone is 7. The Morgan fingerprint density at radius 3 is 1.71 bits per heavy atom. The fraction of sp³-hybridized carbons (Fsp3) is 0.786. The van der Waals surface area contributed by atoms with Gasteiger partial charge in [0.1, 0.15) is 0 Å². The Hall–Kier alpha value is -1.58. The second kappa shape index (κ2) is 37.7. The monoisotopic (exact) mass is 755 g/mol. The van der Waals surface area contributed by atoms with Gasteiger partial charge in [-0.15, -0.1) is 0 Å². The number of unbranched alkanes of at least 4 members (excludes halogenated alkanes) is 19. The lowest BCUT2D eigenvalue weighted by Gasteiger charge is -2.24. The molecule has 304 valence electrons. The van der Waals surface area contributed by atoms with Gasteiger partial charge in [-0.3, -0.25) is 13.8 Å². The Labute approximate surface area is 318 Å². The van der Waals surface area contributed by atoms with E-state index in [2.05, 4.69) is 42.6 Å². The first-order valence-corrected chi connectivity index (χ1v) is 22.3. The van der Waals surface area contributed by atoms with Crippen LogP contribution in [0.4, 0.5) is 0 Å². The molecule has 9 nitrogen and oxygen atoms in total. The minimum absolute atomic E-state index is 0.0397. The van der Waals surface area contributed by atoms with E-state index in [0.29, 0.717) is 12.8 Å². The minimum atomic E-state index is -4.41. The molecule has 0 rings (SSSR count). The predicted octanol–water partition coefficient (Wildman–Crippen LogP) is 10.3. The SMILES string of the molecule is C/C=C/CC/C=C/CC/C=C/C(O)C(COP(=O)(O)OCCN)NC(=O)CC(O)CCCCCCC/C=C\CCCCCCCCCCCCCC. The van der Waals surface area contributed by atoms with Crippen LogP contribution < -0.4 is 11.1 Å². The zero-order chi connectivity index (χ0) is 38.4. The van der Waals surface area contributed by atoms with Crippen LogP contribution in [0.5, 0.6) is 0 Å². The summed E-state index contributed by atoms with van der Waals surface area (Å²) in [4.78, 5) is 22.6. The highest BCUT2D eigenvalue weighted by Crippen LogP contribution is 2.43. The van der Waals surface area contributed by atoms with Gasteiger partial charge < -0.3 is 26.2 Å². The summed E-state index contributed by atoms with van der Waals surface area (Å²) in [6.45, 7) is 3.69. The van der Waals surface area contributed by atoms with Crippen molar-refractivity contribution in [3.63, 3.8) is 0 Å². The molecule has 0 aromatic carbocycles. The molecule has 0 saturated carbocycles. The van der Waals surface area contributed by atoms with E-state index in [1.54, 1.807) is 6.08 Å². The smallest absolute Gasteiger partial charge is 0.393 e. The number of phosphoric ester groups is 1. The second-order valence-electron chi connectivity index (χ2n) is 14.0. The summed E-state index contributed by atoms with van der Waals surface area (Å²) >= 11 is 0. The maximum absolute atomic E-state index is 12.7. The van der Waals surface area contributed by atoms with E-state index in [1.165, 1.54) is 96.0 Å². The van der Waals surface area contributed by atoms with Gasteiger partial charge >= 0.3 is 7.82 Å². The molecule has 1 amide bonds. The highest BCUT2D eigenvalue weighted by atomic mass is 31.2. The maximum Gasteiger partial charge on any atom is 0.472 e. The molecule has 0 heterocycles. The Morgan fingerprint density at radius 1 is 0.692 bits per heavy atom. The summed E-state index contributed by atoms with van der Waals surface area (Å²) in [5.41, 5.74) is 5.34. The van der Waals surface area contributed by atoms with Crippen LogP contribution >= 0.6 is 7.82 Å². The molecule has 0 fully saturated rings. The normalized spacial score (nSPS) is 15.3. The molecule has 10 heteroatoms. The molecule has 6 N–H and O–H groups in total. The Morgan fingerprint density at radius 2 is 1.17 bits per heavy atom. The fourth-order valence-corrected chi connectivity index (χ4v) is 6.62. The summed E-state index contributed by atoms with van der Waals surface area (Å²) in [6, 6.07) is -1.01. The van der Waals surface area contributed by atoms with Crippen LogP contribution in [-0.2, 0) is 18.4 Å². The molecule has 4 unspecified atom stereocenters. The van der Waals surface area contributed by atoms with Gasteiger partial charge in [0.15, 0.2) is 0 Å². The van der Waals surface area contributed by atoms with Crippen molar-refractivity contribution >= 4 is 13.7 Å². The van der Waals surface area contributed by atoms with Crippen LogP contribution in [0.15, 0.2) is 48.6 Å². The Kier molecular flexibility index (Phi) is 36.6. The van der Waals surface area contributed by atoms with E-state index in [-0.39, 0.29) is 19.6 Å².